The van der Waals surface area contributed by atoms with Gasteiger partial charge < -0.3 is 10.1 Å². The van der Waals surface area contributed by atoms with Crippen LogP contribution in [-0.4, -0.2) is 31.3 Å². The molecule has 0 aliphatic carbocycles. The molecule has 23 heavy (non-hydrogen) atoms. The molecule has 2 fully saturated rings. The average molecular weight is 381 g/mol. The fraction of sp³-hybridized carbons (Fsp3) is 0.500. The maximum atomic E-state index is 12.5. The lowest BCUT2D eigenvalue weighted by molar-refractivity contribution is -0.151. The van der Waals surface area contributed by atoms with Gasteiger partial charge >= 0.3 is 5.97 Å². The zero-order chi connectivity index (χ0) is 16.2. The summed E-state index contributed by atoms with van der Waals surface area (Å²) in [7, 11) is 0. The first-order valence-electron chi connectivity index (χ1n) is 8.08. The van der Waals surface area contributed by atoms with Crippen LogP contribution in [0.3, 0.4) is 0 Å². The van der Waals surface area contributed by atoms with Gasteiger partial charge in [0.1, 0.15) is 13.3 Å². The summed E-state index contributed by atoms with van der Waals surface area (Å²) in [6.07, 6.45) is 4.98. The molecule has 2 aliphatic heterocycles. The quantitative estimate of drug-likeness (QED) is 0.789. The predicted octanol–water partition coefficient (Wildman–Crippen LogP) is 3.79. The maximum Gasteiger partial charge on any atom is 0.311 e. The molecule has 4 unspecified atom stereocenters. The number of carbonyl (C=O) groups is 1. The van der Waals surface area contributed by atoms with Crippen molar-refractivity contribution in [1.29, 1.82) is 0 Å². The molecule has 1 aromatic rings. The highest BCUT2D eigenvalue weighted by Gasteiger charge is 2.46. The van der Waals surface area contributed by atoms with Crippen LogP contribution in [0.4, 0.5) is 4.39 Å². The topological polar surface area (TPSA) is 38.3 Å². The number of nitrogens with one attached hydrogen (secondary N) is 1. The summed E-state index contributed by atoms with van der Waals surface area (Å²) in [5.74, 6) is -0.375. The third kappa shape index (κ3) is 3.66. The number of hydrogen-bond donors (Lipinski definition) is 1. The van der Waals surface area contributed by atoms with Gasteiger partial charge in [0.05, 0.1) is 5.92 Å². The van der Waals surface area contributed by atoms with E-state index in [1.807, 2.05) is 23.2 Å². The second-order valence-corrected chi connectivity index (χ2v) is 6.76. The average Bonchev–Trinajstić information content (AvgIpc) is 2.94. The Morgan fingerprint density at radius 2 is 2.30 bits per heavy atom. The van der Waals surface area contributed by atoms with Gasteiger partial charge in [-0.25, -0.2) is 4.39 Å². The van der Waals surface area contributed by atoms with Crippen molar-refractivity contribution < 1.29 is 13.9 Å². The Morgan fingerprint density at radius 1 is 1.43 bits per heavy atom. The minimum absolute atomic E-state index is 0.129. The fourth-order valence-electron chi connectivity index (χ4n) is 3.93. The number of esters is 1. The Balaban J connectivity index is 1.87. The van der Waals surface area contributed by atoms with Crippen LogP contribution in [0.15, 0.2) is 29.3 Å². The number of carbonyl (C=O) groups excluding carboxylic acids is 1. The van der Waals surface area contributed by atoms with Gasteiger partial charge in [0, 0.05) is 18.0 Å². The molecular weight excluding hydrogens is 360 g/mol. The number of piperidine rings is 1. The van der Waals surface area contributed by atoms with Crippen LogP contribution in [0.5, 0.6) is 0 Å². The third-order valence-electron chi connectivity index (χ3n) is 4.87. The SMILES string of the molecule is O=C(OCC[18F])C1C2CCC(CC1c1cccc(/C=C\Br)c1)N2. The summed E-state index contributed by atoms with van der Waals surface area (Å²) in [5.41, 5.74) is 2.26. The van der Waals surface area contributed by atoms with Gasteiger partial charge in [0.15, 0.2) is 0 Å². The molecule has 0 spiro atoms. The number of fused-ring (bicyclic) bond motifs is 2. The van der Waals surface area contributed by atoms with Gasteiger partial charge in [-0.3, -0.25) is 4.79 Å². The lowest BCUT2D eigenvalue weighted by atomic mass is 9.76. The molecule has 3 rings (SSSR count). The molecule has 0 aromatic heterocycles. The van der Waals surface area contributed by atoms with Gasteiger partial charge in [-0.2, -0.15) is 0 Å². The van der Waals surface area contributed by atoms with E-state index in [1.165, 1.54) is 0 Å². The summed E-state index contributed by atoms with van der Waals surface area (Å²) in [5, 5.41) is 3.52. The Kier molecular flexibility index (Phi) is 5.49. The normalized spacial score (nSPS) is 29.8. The zero-order valence-electron chi connectivity index (χ0n) is 12.9. The van der Waals surface area contributed by atoms with E-state index < -0.39 is 6.67 Å². The van der Waals surface area contributed by atoms with Crippen molar-refractivity contribution in [1.82, 2.24) is 5.32 Å². The van der Waals surface area contributed by atoms with Gasteiger partial charge in [0.25, 0.3) is 0 Å². The van der Waals surface area contributed by atoms with Crippen LogP contribution < -0.4 is 5.32 Å². The molecular formula is C18H21BrFNO2. The molecule has 2 bridgehead atoms. The molecule has 1 N–H and O–H groups in total. The van der Waals surface area contributed by atoms with Crippen molar-refractivity contribution in [2.75, 3.05) is 13.3 Å². The number of hydrogen-bond acceptors (Lipinski definition) is 3. The van der Waals surface area contributed by atoms with Crippen molar-refractivity contribution in [2.24, 2.45) is 5.92 Å². The summed E-state index contributed by atoms with van der Waals surface area (Å²) in [6.45, 7) is -0.778. The minimum atomic E-state index is -0.630. The smallest absolute Gasteiger partial charge is 0.311 e. The first-order valence-corrected chi connectivity index (χ1v) is 9.00. The Labute approximate surface area is 144 Å². The van der Waals surface area contributed by atoms with Crippen molar-refractivity contribution in [2.45, 2.75) is 37.3 Å². The highest BCUT2D eigenvalue weighted by Crippen LogP contribution is 2.42. The largest absolute Gasteiger partial charge is 0.463 e. The van der Waals surface area contributed by atoms with Gasteiger partial charge in [-0.15, -0.1) is 0 Å². The van der Waals surface area contributed by atoms with E-state index in [-0.39, 0.29) is 30.5 Å². The van der Waals surface area contributed by atoms with Crippen molar-refractivity contribution >= 4 is 28.0 Å². The molecule has 2 saturated heterocycles. The summed E-state index contributed by atoms with van der Waals surface area (Å²) in [6, 6.07) is 8.87. The highest BCUT2D eigenvalue weighted by atomic mass is 79.9. The number of halogens is 2. The van der Waals surface area contributed by atoms with E-state index in [4.69, 9.17) is 4.74 Å². The molecule has 5 heteroatoms. The first-order chi connectivity index (χ1) is 11.2. The monoisotopic (exact) mass is 380 g/mol. The van der Waals surface area contributed by atoms with Crippen molar-refractivity contribution in [3.63, 3.8) is 0 Å². The van der Waals surface area contributed by atoms with E-state index >= 15 is 0 Å². The molecule has 1 aromatic carbocycles. The first kappa shape index (κ1) is 16.7. The fourth-order valence-corrected chi connectivity index (χ4v) is 4.23. The van der Waals surface area contributed by atoms with Crippen LogP contribution in [0.25, 0.3) is 6.08 Å². The Bertz CT molecular complexity index is 592. The van der Waals surface area contributed by atoms with Gasteiger partial charge in [-0.1, -0.05) is 40.2 Å². The maximum absolute atomic E-state index is 12.5. The summed E-state index contributed by atoms with van der Waals surface area (Å²) < 4.78 is 17.5. The standard InChI is InChI=1S/C18H21BrFNO2/c19-7-6-12-2-1-3-13(10-12)15-11-14-4-5-16(21-14)17(15)18(22)23-9-8-20/h1-3,6-7,10,14-17,21H,4-5,8-9,11H2/b7-6-/i20-1. The molecule has 0 radical (unpaired) electrons. The second kappa shape index (κ2) is 7.58. The number of ether oxygens (including phenoxy) is 1. The van der Waals surface area contributed by atoms with Crippen LogP contribution in [0.2, 0.25) is 0 Å². The third-order valence-corrected chi connectivity index (χ3v) is 5.13. The lowest BCUT2D eigenvalue weighted by Crippen LogP contribution is -2.48. The van der Waals surface area contributed by atoms with Crippen LogP contribution in [-0.2, 0) is 9.53 Å². The number of rotatable bonds is 5. The molecule has 3 nitrogen and oxygen atoms in total. The van der Waals surface area contributed by atoms with Crippen LogP contribution in [0.1, 0.15) is 36.3 Å². The summed E-state index contributed by atoms with van der Waals surface area (Å²) >= 11 is 3.30. The van der Waals surface area contributed by atoms with E-state index in [2.05, 4.69) is 33.4 Å². The molecule has 0 amide bonds. The Hall–Kier alpha value is -1.20. The molecule has 2 heterocycles. The Morgan fingerprint density at radius 3 is 3.09 bits per heavy atom. The summed E-state index contributed by atoms with van der Waals surface area (Å²) in [4.78, 5) is 14.3. The van der Waals surface area contributed by atoms with Crippen LogP contribution in [0, 0.1) is 5.92 Å². The molecule has 124 valence electrons. The van der Waals surface area contributed by atoms with Crippen molar-refractivity contribution in [3.05, 3.63) is 40.4 Å². The van der Waals surface area contributed by atoms with E-state index in [9.17, 15) is 9.18 Å². The molecule has 0 saturated carbocycles. The predicted molar refractivity (Wildman–Crippen MR) is 92.1 cm³/mol. The van der Waals surface area contributed by atoms with Gasteiger partial charge in [0.2, 0.25) is 0 Å². The zero-order valence-corrected chi connectivity index (χ0v) is 14.5. The van der Waals surface area contributed by atoms with Crippen molar-refractivity contribution in [3.8, 4) is 0 Å². The van der Waals surface area contributed by atoms with E-state index in [1.54, 1.807) is 0 Å². The number of alkyl halides is 1. The second-order valence-electron chi connectivity index (χ2n) is 6.23. The lowest BCUT2D eigenvalue weighted by Gasteiger charge is -2.36. The highest BCUT2D eigenvalue weighted by molar-refractivity contribution is 9.11. The molecule has 2 aliphatic rings. The molecule has 4 atom stereocenters. The van der Waals surface area contributed by atoms with E-state index in [0.29, 0.717) is 6.04 Å². The minimum Gasteiger partial charge on any atom is -0.463 e. The van der Waals surface area contributed by atoms with Crippen LogP contribution >= 0.6 is 15.9 Å². The van der Waals surface area contributed by atoms with E-state index in [0.717, 1.165) is 30.4 Å². The number of benzene rings is 1. The van der Waals surface area contributed by atoms with Gasteiger partial charge in [-0.05, 0) is 41.5 Å².